The van der Waals surface area contributed by atoms with Gasteiger partial charge in [-0.2, -0.15) is 0 Å². The summed E-state index contributed by atoms with van der Waals surface area (Å²) >= 11 is 0. The van der Waals surface area contributed by atoms with Gasteiger partial charge in [0.1, 0.15) is 5.75 Å². The third-order valence-corrected chi connectivity index (χ3v) is 6.66. The summed E-state index contributed by atoms with van der Waals surface area (Å²) in [7, 11) is 1.50. The van der Waals surface area contributed by atoms with Gasteiger partial charge in [-0.1, -0.05) is 48.8 Å². The van der Waals surface area contributed by atoms with E-state index in [4.69, 9.17) is 0 Å². The molecular formula is C25H33NO5. The van der Waals surface area contributed by atoms with Crippen LogP contribution in [0.5, 0.6) is 5.75 Å². The second kappa shape index (κ2) is 9.79. The van der Waals surface area contributed by atoms with Crippen LogP contribution >= 0.6 is 0 Å². The number of phenols is 1. The van der Waals surface area contributed by atoms with Crippen molar-refractivity contribution in [2.75, 3.05) is 13.7 Å². The molecule has 2 amide bonds. The van der Waals surface area contributed by atoms with Gasteiger partial charge in [-0.25, -0.2) is 0 Å². The van der Waals surface area contributed by atoms with Gasteiger partial charge in [0.25, 0.3) is 0 Å². The van der Waals surface area contributed by atoms with Crippen LogP contribution in [0.25, 0.3) is 6.08 Å². The number of para-hydroxylation sites is 1. The zero-order valence-corrected chi connectivity index (χ0v) is 18.5. The van der Waals surface area contributed by atoms with Crippen LogP contribution in [0.15, 0.2) is 41.0 Å². The Hall–Kier alpha value is -2.44. The van der Waals surface area contributed by atoms with Gasteiger partial charge in [0.2, 0.25) is 11.8 Å². The van der Waals surface area contributed by atoms with E-state index in [2.05, 4.69) is 0 Å². The summed E-state index contributed by atoms with van der Waals surface area (Å²) in [6, 6.07) is 7.10. The minimum Gasteiger partial charge on any atom is -0.507 e. The van der Waals surface area contributed by atoms with Crippen molar-refractivity contribution >= 4 is 17.9 Å². The summed E-state index contributed by atoms with van der Waals surface area (Å²) in [5.74, 6) is -1.79. The van der Waals surface area contributed by atoms with Gasteiger partial charge in [0.15, 0.2) is 0 Å². The first-order chi connectivity index (χ1) is 14.8. The Balaban J connectivity index is 1.83. The molecule has 31 heavy (non-hydrogen) atoms. The smallest absolute Gasteiger partial charge is 0.233 e. The van der Waals surface area contributed by atoms with Crippen LogP contribution in [-0.2, 0) is 9.59 Å². The number of aliphatic hydroxyl groups excluding tert-OH is 2. The number of hydrogen-bond acceptors (Lipinski definition) is 5. The molecule has 0 saturated carbocycles. The standard InChI is InChI=1S/C25H33NO5/c1-4-7-17-13-18-23(25(31)26(3)24(18)30)19(14-27)22(17)21(29)11-10-15(2)12-16-8-5-6-9-20(16)28/h5-6,8-9,12,18-19,21,23,27-29H,4,7,10-11,13-14H2,1-3H3/b15-12+/t18-,19+,21-,23-/m1/s1. The molecule has 1 aromatic rings. The number of carbonyl (C=O) groups is 2. The van der Waals surface area contributed by atoms with Crippen LogP contribution in [0.4, 0.5) is 0 Å². The number of fused-ring (bicyclic) bond motifs is 1. The van der Waals surface area contributed by atoms with Crippen molar-refractivity contribution in [3.63, 3.8) is 0 Å². The lowest BCUT2D eigenvalue weighted by molar-refractivity contribution is -0.138. The van der Waals surface area contributed by atoms with Crippen molar-refractivity contribution in [3.8, 4) is 5.75 Å². The molecule has 0 unspecified atom stereocenters. The van der Waals surface area contributed by atoms with Gasteiger partial charge >= 0.3 is 0 Å². The molecule has 0 aromatic heterocycles. The Morgan fingerprint density at radius 1 is 1.26 bits per heavy atom. The zero-order chi connectivity index (χ0) is 22.7. The molecule has 1 saturated heterocycles. The largest absolute Gasteiger partial charge is 0.507 e. The lowest BCUT2D eigenvalue weighted by atomic mass is 9.67. The monoisotopic (exact) mass is 427 g/mol. The van der Waals surface area contributed by atoms with Crippen molar-refractivity contribution < 1.29 is 24.9 Å². The molecule has 2 aliphatic rings. The number of carbonyl (C=O) groups excluding carboxylic acids is 2. The Kier molecular flexibility index (Phi) is 7.34. The topological polar surface area (TPSA) is 98.1 Å². The Morgan fingerprint density at radius 3 is 2.61 bits per heavy atom. The normalized spacial score (nSPS) is 25.3. The number of hydrogen-bond donors (Lipinski definition) is 3. The number of aliphatic hydroxyl groups is 2. The van der Waals surface area contributed by atoms with Crippen molar-refractivity contribution in [3.05, 3.63) is 46.5 Å². The number of allylic oxidation sites excluding steroid dienone is 2. The van der Waals surface area contributed by atoms with Crippen molar-refractivity contribution in [1.82, 2.24) is 4.90 Å². The fourth-order valence-electron chi connectivity index (χ4n) is 5.12. The van der Waals surface area contributed by atoms with E-state index in [0.29, 0.717) is 19.3 Å². The van der Waals surface area contributed by atoms with Gasteiger partial charge in [-0.3, -0.25) is 14.5 Å². The van der Waals surface area contributed by atoms with Crippen molar-refractivity contribution in [2.24, 2.45) is 17.8 Å². The van der Waals surface area contributed by atoms with Crippen LogP contribution in [0.2, 0.25) is 0 Å². The summed E-state index contributed by atoms with van der Waals surface area (Å²) in [5, 5.41) is 31.3. The van der Waals surface area contributed by atoms with Crippen LogP contribution in [-0.4, -0.2) is 51.8 Å². The summed E-state index contributed by atoms with van der Waals surface area (Å²) in [6.07, 6.45) is 4.25. The first-order valence-electron chi connectivity index (χ1n) is 11.1. The minimum absolute atomic E-state index is 0.183. The summed E-state index contributed by atoms with van der Waals surface area (Å²) < 4.78 is 0. The molecule has 6 nitrogen and oxygen atoms in total. The van der Waals surface area contributed by atoms with Crippen LogP contribution in [0, 0.1) is 17.8 Å². The molecule has 4 atom stereocenters. The second-order valence-electron chi connectivity index (χ2n) is 8.77. The number of benzene rings is 1. The highest BCUT2D eigenvalue weighted by Gasteiger charge is 2.53. The van der Waals surface area contributed by atoms with Gasteiger partial charge in [0, 0.05) is 18.5 Å². The average molecular weight is 428 g/mol. The average Bonchev–Trinajstić information content (AvgIpc) is 2.97. The third kappa shape index (κ3) is 4.60. The maximum absolute atomic E-state index is 12.7. The number of rotatable bonds is 8. The fraction of sp³-hybridized carbons (Fsp3) is 0.520. The van der Waals surface area contributed by atoms with Gasteiger partial charge in [-0.05, 0) is 44.2 Å². The maximum atomic E-state index is 12.7. The summed E-state index contributed by atoms with van der Waals surface area (Å²) in [6.45, 7) is 3.74. The van der Waals surface area contributed by atoms with Gasteiger partial charge in [0.05, 0.1) is 24.5 Å². The number of amides is 2. The predicted octanol–water partition coefficient (Wildman–Crippen LogP) is 3.28. The van der Waals surface area contributed by atoms with E-state index < -0.39 is 23.9 Å². The SMILES string of the molecule is CCCC1=C([C@H](O)CC/C(C)=C/c2ccccc2O)[C@H](CO)[C@@H]2C(=O)N(C)C(=O)[C@@H]2C1. The number of imide groups is 1. The number of aromatic hydroxyl groups is 1. The predicted molar refractivity (Wildman–Crippen MR) is 119 cm³/mol. The molecule has 6 heteroatoms. The lowest BCUT2D eigenvalue weighted by Gasteiger charge is -2.36. The number of nitrogens with zero attached hydrogens (tertiary/aromatic N) is 1. The van der Waals surface area contributed by atoms with Crippen LogP contribution in [0.3, 0.4) is 0 Å². The van der Waals surface area contributed by atoms with E-state index in [0.717, 1.165) is 35.1 Å². The van der Waals surface area contributed by atoms with E-state index in [-0.39, 0.29) is 24.2 Å². The van der Waals surface area contributed by atoms with Crippen LogP contribution < -0.4 is 0 Å². The number of likely N-dealkylation sites (tertiary alicyclic amines) is 1. The van der Waals surface area contributed by atoms with E-state index in [1.54, 1.807) is 12.1 Å². The summed E-state index contributed by atoms with van der Waals surface area (Å²) in [5.41, 5.74) is 3.50. The molecule has 0 radical (unpaired) electrons. The first kappa shape index (κ1) is 23.2. The van der Waals surface area contributed by atoms with E-state index in [9.17, 15) is 24.9 Å². The van der Waals surface area contributed by atoms with Crippen molar-refractivity contribution in [2.45, 2.75) is 52.1 Å². The quantitative estimate of drug-likeness (QED) is 0.437. The highest BCUT2D eigenvalue weighted by molar-refractivity contribution is 6.05. The van der Waals surface area contributed by atoms with E-state index in [1.807, 2.05) is 32.1 Å². The molecule has 1 aliphatic heterocycles. The molecule has 168 valence electrons. The third-order valence-electron chi connectivity index (χ3n) is 6.66. The van der Waals surface area contributed by atoms with Gasteiger partial charge < -0.3 is 15.3 Å². The second-order valence-corrected chi connectivity index (χ2v) is 8.77. The Morgan fingerprint density at radius 2 is 1.97 bits per heavy atom. The molecule has 1 aliphatic carbocycles. The number of phenolic OH excluding ortho intramolecular Hbond substituents is 1. The Labute approximate surface area is 183 Å². The molecule has 3 N–H and O–H groups in total. The minimum atomic E-state index is -0.791. The molecule has 1 fully saturated rings. The lowest BCUT2D eigenvalue weighted by Crippen LogP contribution is -2.39. The van der Waals surface area contributed by atoms with Crippen LogP contribution in [0.1, 0.15) is 51.5 Å². The fourth-order valence-corrected chi connectivity index (χ4v) is 5.12. The first-order valence-corrected chi connectivity index (χ1v) is 11.1. The highest BCUT2D eigenvalue weighted by Crippen LogP contribution is 2.46. The van der Waals surface area contributed by atoms with Crippen molar-refractivity contribution in [1.29, 1.82) is 0 Å². The molecule has 0 bridgehead atoms. The molecular weight excluding hydrogens is 394 g/mol. The molecule has 1 aromatic carbocycles. The summed E-state index contributed by atoms with van der Waals surface area (Å²) in [4.78, 5) is 26.5. The molecule has 0 spiro atoms. The van der Waals surface area contributed by atoms with E-state index in [1.165, 1.54) is 11.9 Å². The molecule has 3 rings (SSSR count). The van der Waals surface area contributed by atoms with Gasteiger partial charge in [-0.15, -0.1) is 0 Å². The van der Waals surface area contributed by atoms with E-state index >= 15 is 0 Å². The highest BCUT2D eigenvalue weighted by atomic mass is 16.3. The molecule has 1 heterocycles. The Bertz CT molecular complexity index is 903. The zero-order valence-electron chi connectivity index (χ0n) is 18.5. The maximum Gasteiger partial charge on any atom is 0.233 e.